The summed E-state index contributed by atoms with van der Waals surface area (Å²) in [5.74, 6) is 0. The highest BCUT2D eigenvalue weighted by atomic mass is 32.2. The number of hydrogen-bond acceptors (Lipinski definition) is 1. The first-order chi connectivity index (χ1) is 30.5. The lowest BCUT2D eigenvalue weighted by molar-refractivity contribution is 0.908. The molecule has 11 aromatic rings. The molecule has 0 fully saturated rings. The molecule has 0 saturated heterocycles. The molecule has 1 aliphatic rings. The van der Waals surface area contributed by atoms with Crippen LogP contribution in [0, 0.1) is 0 Å². The molecule has 7 aromatic carbocycles. The molecule has 12 rings (SSSR count). The lowest BCUT2D eigenvalue weighted by Gasteiger charge is -2.11. The van der Waals surface area contributed by atoms with E-state index < -0.39 is 0 Å². The van der Waals surface area contributed by atoms with Gasteiger partial charge in [0.1, 0.15) is 0 Å². The normalized spacial score (nSPS) is 13.0. The first-order valence-corrected chi connectivity index (χ1v) is 22.3. The summed E-state index contributed by atoms with van der Waals surface area (Å²) < 4.78 is 9.43. The number of aromatic nitrogens is 4. The van der Waals surface area contributed by atoms with Gasteiger partial charge in [0.15, 0.2) is 0 Å². The molecule has 4 aromatic heterocycles. The summed E-state index contributed by atoms with van der Waals surface area (Å²) in [7, 11) is 4.34. The van der Waals surface area contributed by atoms with Gasteiger partial charge in [-0.2, -0.15) is 0 Å². The second kappa shape index (κ2) is 14.2. The molecule has 0 unspecified atom stereocenters. The molecule has 0 bridgehead atoms. The van der Waals surface area contributed by atoms with Crippen LogP contribution < -0.4 is 0 Å². The topological polar surface area (TPSA) is 19.7 Å². The van der Waals surface area contributed by atoms with Crippen molar-refractivity contribution in [1.82, 2.24) is 18.3 Å². The highest BCUT2D eigenvalue weighted by Gasteiger charge is 2.20. The molecular weight excluding hydrogens is 773 g/mol. The third kappa shape index (κ3) is 5.48. The van der Waals surface area contributed by atoms with Gasteiger partial charge in [-0.15, -0.1) is 0 Å². The van der Waals surface area contributed by atoms with E-state index in [0.29, 0.717) is 0 Å². The monoisotopic (exact) mass is 816 g/mol. The maximum atomic E-state index is 4.32. The molecule has 0 amide bonds. The Balaban J connectivity index is 0.930. The molecule has 0 radical (unpaired) electrons. The van der Waals surface area contributed by atoms with Crippen LogP contribution in [0.15, 0.2) is 174 Å². The summed E-state index contributed by atoms with van der Waals surface area (Å²) in [5.41, 5.74) is 17.2. The van der Waals surface area contributed by atoms with Crippen molar-refractivity contribution in [3.8, 4) is 22.5 Å². The van der Waals surface area contributed by atoms with Crippen molar-refractivity contribution in [2.75, 3.05) is 0 Å². The van der Waals surface area contributed by atoms with Crippen LogP contribution in [0.3, 0.4) is 0 Å². The Hall–Kier alpha value is -7.21. The molecule has 4 heterocycles. The first-order valence-electron chi connectivity index (χ1n) is 21.5. The summed E-state index contributed by atoms with van der Waals surface area (Å²) in [4.78, 5) is 2.41. The second-order valence-corrected chi connectivity index (χ2v) is 17.7. The maximum absolute atomic E-state index is 4.32. The molecule has 5 heteroatoms. The van der Waals surface area contributed by atoms with Gasteiger partial charge < -0.3 is 18.3 Å². The van der Waals surface area contributed by atoms with Crippen molar-refractivity contribution in [1.29, 1.82) is 0 Å². The Bertz CT molecular complexity index is 3730. The minimum Gasteiger partial charge on any atom is -0.344 e. The van der Waals surface area contributed by atoms with Gasteiger partial charge in [0.2, 0.25) is 0 Å². The fourth-order valence-electron chi connectivity index (χ4n) is 10.4. The van der Waals surface area contributed by atoms with Crippen molar-refractivity contribution in [2.24, 2.45) is 14.1 Å². The van der Waals surface area contributed by atoms with Gasteiger partial charge in [0, 0.05) is 95.4 Å². The van der Waals surface area contributed by atoms with E-state index in [2.05, 4.69) is 216 Å². The molecule has 0 atom stereocenters. The van der Waals surface area contributed by atoms with Crippen molar-refractivity contribution in [2.45, 2.75) is 29.6 Å². The molecule has 0 spiro atoms. The SMILES string of the molecule is C=Cc1c(/C=C\C)c2cc(Sc3ccc4c(c3)c3ccccc3n4-c3cccc(-c4ccc5c(c4)c4c(n5C)C=CCC4)c3)ccc2n1-c1ccc2c(c1)c1ccccc1n2C. The molecule has 0 N–H and O–H groups in total. The van der Waals surface area contributed by atoms with Gasteiger partial charge in [-0.1, -0.05) is 91.2 Å². The van der Waals surface area contributed by atoms with Crippen molar-refractivity contribution in [3.63, 3.8) is 0 Å². The van der Waals surface area contributed by atoms with Crippen LogP contribution in [0.5, 0.6) is 0 Å². The minimum absolute atomic E-state index is 1.09. The Morgan fingerprint density at radius 2 is 1.16 bits per heavy atom. The van der Waals surface area contributed by atoms with E-state index in [-0.39, 0.29) is 0 Å². The number of rotatable bonds is 7. The molecule has 0 saturated carbocycles. The minimum atomic E-state index is 1.09. The lowest BCUT2D eigenvalue weighted by Crippen LogP contribution is -1.97. The fourth-order valence-corrected chi connectivity index (χ4v) is 11.3. The molecule has 4 nitrogen and oxygen atoms in total. The van der Waals surface area contributed by atoms with Crippen LogP contribution in [-0.4, -0.2) is 18.3 Å². The van der Waals surface area contributed by atoms with Crippen LogP contribution in [0.2, 0.25) is 0 Å². The average Bonchev–Trinajstić information content (AvgIpc) is 4.00. The molecule has 298 valence electrons. The Morgan fingerprint density at radius 1 is 0.532 bits per heavy atom. The highest BCUT2D eigenvalue weighted by molar-refractivity contribution is 7.99. The molecular formula is C57H44N4S. The van der Waals surface area contributed by atoms with E-state index >= 15 is 0 Å². The Labute approximate surface area is 364 Å². The van der Waals surface area contributed by atoms with Gasteiger partial charge in [0.05, 0.1) is 22.2 Å². The third-order valence-electron chi connectivity index (χ3n) is 13.2. The summed E-state index contributed by atoms with van der Waals surface area (Å²) >= 11 is 1.82. The van der Waals surface area contributed by atoms with Crippen LogP contribution in [0.4, 0.5) is 0 Å². The summed E-state index contributed by atoms with van der Waals surface area (Å²) in [6.07, 6.45) is 13.1. The van der Waals surface area contributed by atoms with E-state index in [4.69, 9.17) is 0 Å². The number of benzene rings is 7. The largest absolute Gasteiger partial charge is 0.344 e. The maximum Gasteiger partial charge on any atom is 0.0541 e. The standard InChI is InChI=1S/C57H44N4S/c1-5-14-42-48-34-40(25-29-56(48)60(50(42)6-2)39-24-28-54-47(33-39)44-18-8-11-21-52(44)59(54)4)62-41-26-30-57-49(35-41)45-19-9-12-22-55(45)61(57)38-16-13-15-36(31-38)37-23-27-53-46(32-37)43-17-7-10-20-51(43)58(53)3/h5-6,8-16,18-35H,2,7,17H2,1,3-4H3/b14-5-. The molecule has 62 heavy (non-hydrogen) atoms. The predicted molar refractivity (Wildman–Crippen MR) is 266 cm³/mol. The average molecular weight is 817 g/mol. The van der Waals surface area contributed by atoms with Crippen molar-refractivity contribution < 1.29 is 0 Å². The van der Waals surface area contributed by atoms with E-state index in [1.807, 2.05) is 17.8 Å². The second-order valence-electron chi connectivity index (χ2n) is 16.6. The summed E-state index contributed by atoms with van der Waals surface area (Å²) in [5, 5.41) is 7.60. The van der Waals surface area contributed by atoms with E-state index in [0.717, 1.165) is 35.4 Å². The van der Waals surface area contributed by atoms with E-state index in [1.54, 1.807) is 0 Å². The zero-order valence-electron chi connectivity index (χ0n) is 35.1. The van der Waals surface area contributed by atoms with Gasteiger partial charge in [-0.3, -0.25) is 0 Å². The van der Waals surface area contributed by atoms with Gasteiger partial charge in [-0.25, -0.2) is 0 Å². The number of allylic oxidation sites excluding steroid dienone is 2. The fraction of sp³-hybridized carbons (Fsp3) is 0.0877. The smallest absolute Gasteiger partial charge is 0.0541 e. The summed E-state index contributed by atoms with van der Waals surface area (Å²) in [6.45, 7) is 6.41. The number of nitrogens with zero attached hydrogens (tertiary/aromatic N) is 4. The van der Waals surface area contributed by atoms with Gasteiger partial charge >= 0.3 is 0 Å². The molecule has 1 aliphatic carbocycles. The number of hydrogen-bond donors (Lipinski definition) is 0. The van der Waals surface area contributed by atoms with E-state index in [9.17, 15) is 0 Å². The van der Waals surface area contributed by atoms with Crippen LogP contribution in [-0.2, 0) is 20.5 Å². The lowest BCUT2D eigenvalue weighted by atomic mass is 9.97. The predicted octanol–water partition coefficient (Wildman–Crippen LogP) is 15.3. The van der Waals surface area contributed by atoms with Gasteiger partial charge in [-0.05, 0) is 140 Å². The Kier molecular flexibility index (Phi) is 8.38. The first kappa shape index (κ1) is 36.6. The molecule has 0 aliphatic heterocycles. The quantitative estimate of drug-likeness (QED) is 0.157. The highest BCUT2D eigenvalue weighted by Crippen LogP contribution is 2.41. The summed E-state index contributed by atoms with van der Waals surface area (Å²) in [6, 6.07) is 54.2. The van der Waals surface area contributed by atoms with Crippen LogP contribution in [0.1, 0.15) is 35.9 Å². The number of aryl methyl sites for hydroxylation is 3. The van der Waals surface area contributed by atoms with Gasteiger partial charge in [0.25, 0.3) is 0 Å². The van der Waals surface area contributed by atoms with E-state index in [1.165, 1.54) is 97.6 Å². The number of para-hydroxylation sites is 2. The van der Waals surface area contributed by atoms with Crippen LogP contribution in [0.25, 0.3) is 106 Å². The number of fused-ring (bicyclic) bond motifs is 10. The third-order valence-corrected chi connectivity index (χ3v) is 14.2. The zero-order valence-corrected chi connectivity index (χ0v) is 35.9. The van der Waals surface area contributed by atoms with Crippen molar-refractivity contribution in [3.05, 3.63) is 187 Å². The Morgan fingerprint density at radius 3 is 1.97 bits per heavy atom. The van der Waals surface area contributed by atoms with Crippen LogP contribution >= 0.6 is 11.8 Å². The van der Waals surface area contributed by atoms with Crippen molar-refractivity contribution >= 4 is 95.4 Å². The zero-order chi connectivity index (χ0) is 41.6.